The Morgan fingerprint density at radius 1 is 1.00 bits per heavy atom. The summed E-state index contributed by atoms with van der Waals surface area (Å²) in [6.45, 7) is 4.65. The molecular formula is C17H26. The van der Waals surface area contributed by atoms with Gasteiger partial charge in [-0.05, 0) is 48.6 Å². The van der Waals surface area contributed by atoms with E-state index in [0.29, 0.717) is 0 Å². The molecule has 0 nitrogen and oxygen atoms in total. The molecule has 17 heavy (non-hydrogen) atoms. The minimum absolute atomic E-state index is 0.839. The van der Waals surface area contributed by atoms with Crippen LogP contribution in [0.1, 0.15) is 69.4 Å². The van der Waals surface area contributed by atoms with Crippen molar-refractivity contribution in [2.24, 2.45) is 5.92 Å². The average molecular weight is 230 g/mol. The second-order valence-electron chi connectivity index (χ2n) is 5.80. The molecule has 0 saturated heterocycles. The SMILES string of the molecule is CCCCc1ccc(C2CCC(C)CC2)cc1. The second kappa shape index (κ2) is 6.23. The maximum absolute atomic E-state index is 2.39. The summed E-state index contributed by atoms with van der Waals surface area (Å²) in [5.41, 5.74) is 3.09. The summed E-state index contributed by atoms with van der Waals surface area (Å²) >= 11 is 0. The predicted molar refractivity (Wildman–Crippen MR) is 75.4 cm³/mol. The zero-order valence-electron chi connectivity index (χ0n) is 11.4. The van der Waals surface area contributed by atoms with Gasteiger partial charge in [-0.25, -0.2) is 0 Å². The molecule has 0 unspecified atom stereocenters. The van der Waals surface area contributed by atoms with Gasteiger partial charge in [0.15, 0.2) is 0 Å². The quantitative estimate of drug-likeness (QED) is 0.656. The fourth-order valence-electron chi connectivity index (χ4n) is 2.93. The molecule has 1 aromatic carbocycles. The van der Waals surface area contributed by atoms with Gasteiger partial charge in [0.2, 0.25) is 0 Å². The Morgan fingerprint density at radius 3 is 2.24 bits per heavy atom. The maximum Gasteiger partial charge on any atom is -0.0162 e. The molecule has 0 spiro atoms. The molecule has 0 bridgehead atoms. The van der Waals surface area contributed by atoms with Crippen LogP contribution >= 0.6 is 0 Å². The lowest BCUT2D eigenvalue weighted by Crippen LogP contribution is -2.10. The van der Waals surface area contributed by atoms with Gasteiger partial charge in [-0.1, -0.05) is 57.4 Å². The summed E-state index contributed by atoms with van der Waals surface area (Å²) in [5, 5.41) is 0. The largest absolute Gasteiger partial charge is 0.0654 e. The van der Waals surface area contributed by atoms with Crippen molar-refractivity contribution in [1.29, 1.82) is 0 Å². The van der Waals surface area contributed by atoms with Gasteiger partial charge in [0.05, 0.1) is 0 Å². The Hall–Kier alpha value is -0.780. The minimum atomic E-state index is 0.839. The Bertz CT molecular complexity index is 314. The Kier molecular flexibility index (Phi) is 4.65. The first kappa shape index (κ1) is 12.7. The topological polar surface area (TPSA) is 0 Å². The molecule has 0 amide bonds. The maximum atomic E-state index is 2.39. The van der Waals surface area contributed by atoms with Crippen LogP contribution in [0.2, 0.25) is 0 Å². The zero-order chi connectivity index (χ0) is 12.1. The van der Waals surface area contributed by atoms with Crippen LogP contribution < -0.4 is 0 Å². The monoisotopic (exact) mass is 230 g/mol. The minimum Gasteiger partial charge on any atom is -0.0654 e. The lowest BCUT2D eigenvalue weighted by molar-refractivity contribution is 0.348. The normalized spacial score (nSPS) is 24.8. The Morgan fingerprint density at radius 2 is 1.65 bits per heavy atom. The Balaban J connectivity index is 1.93. The number of unbranched alkanes of at least 4 members (excludes halogenated alkanes) is 1. The van der Waals surface area contributed by atoms with E-state index in [9.17, 15) is 0 Å². The van der Waals surface area contributed by atoms with E-state index in [1.807, 2.05) is 0 Å². The third-order valence-corrected chi connectivity index (χ3v) is 4.29. The van der Waals surface area contributed by atoms with Gasteiger partial charge in [0.1, 0.15) is 0 Å². The number of hydrogen-bond donors (Lipinski definition) is 0. The van der Waals surface area contributed by atoms with E-state index in [2.05, 4.69) is 38.1 Å². The highest BCUT2D eigenvalue weighted by Crippen LogP contribution is 2.35. The van der Waals surface area contributed by atoms with Crippen LogP contribution in [0.25, 0.3) is 0 Å². The molecule has 0 radical (unpaired) electrons. The van der Waals surface area contributed by atoms with E-state index < -0.39 is 0 Å². The second-order valence-corrected chi connectivity index (χ2v) is 5.80. The molecule has 1 aromatic rings. The third kappa shape index (κ3) is 3.59. The molecule has 0 heteroatoms. The van der Waals surface area contributed by atoms with Gasteiger partial charge in [0.25, 0.3) is 0 Å². The first-order valence-corrected chi connectivity index (χ1v) is 7.38. The highest BCUT2D eigenvalue weighted by atomic mass is 14.2. The fourth-order valence-corrected chi connectivity index (χ4v) is 2.93. The number of aryl methyl sites for hydroxylation is 1. The number of benzene rings is 1. The van der Waals surface area contributed by atoms with Crippen LogP contribution in [0.15, 0.2) is 24.3 Å². The standard InChI is InChI=1S/C17H26/c1-3-4-5-15-8-12-17(13-9-15)16-10-6-14(2)7-11-16/h8-9,12-14,16H,3-7,10-11H2,1-2H3. The smallest absolute Gasteiger partial charge is 0.0162 e. The van der Waals surface area contributed by atoms with Crippen molar-refractivity contribution in [3.63, 3.8) is 0 Å². The van der Waals surface area contributed by atoms with E-state index in [0.717, 1.165) is 11.8 Å². The van der Waals surface area contributed by atoms with Crippen molar-refractivity contribution in [3.05, 3.63) is 35.4 Å². The van der Waals surface area contributed by atoms with Gasteiger partial charge >= 0.3 is 0 Å². The Labute approximate surface area is 106 Å². The van der Waals surface area contributed by atoms with Crippen LogP contribution in [0.3, 0.4) is 0 Å². The summed E-state index contributed by atoms with van der Waals surface area (Å²) in [5.74, 6) is 1.79. The van der Waals surface area contributed by atoms with Crippen LogP contribution in [-0.2, 0) is 6.42 Å². The average Bonchev–Trinajstić information content (AvgIpc) is 2.38. The van der Waals surface area contributed by atoms with Crippen LogP contribution in [-0.4, -0.2) is 0 Å². The van der Waals surface area contributed by atoms with Crippen molar-refractivity contribution in [1.82, 2.24) is 0 Å². The van der Waals surface area contributed by atoms with Crippen molar-refractivity contribution < 1.29 is 0 Å². The lowest BCUT2D eigenvalue weighted by Gasteiger charge is -2.26. The van der Waals surface area contributed by atoms with Crippen LogP contribution in [0.4, 0.5) is 0 Å². The van der Waals surface area contributed by atoms with Gasteiger partial charge in [0, 0.05) is 0 Å². The summed E-state index contributed by atoms with van der Waals surface area (Å²) < 4.78 is 0. The van der Waals surface area contributed by atoms with Gasteiger partial charge < -0.3 is 0 Å². The summed E-state index contributed by atoms with van der Waals surface area (Å²) in [6, 6.07) is 9.46. The van der Waals surface area contributed by atoms with E-state index in [1.54, 1.807) is 5.56 Å². The van der Waals surface area contributed by atoms with E-state index in [-0.39, 0.29) is 0 Å². The summed E-state index contributed by atoms with van der Waals surface area (Å²) in [7, 11) is 0. The van der Waals surface area contributed by atoms with Crippen LogP contribution in [0, 0.1) is 5.92 Å². The molecule has 2 rings (SSSR count). The van der Waals surface area contributed by atoms with Gasteiger partial charge in [-0.3, -0.25) is 0 Å². The molecule has 0 heterocycles. The number of rotatable bonds is 4. The molecule has 0 aromatic heterocycles. The van der Waals surface area contributed by atoms with Crippen molar-refractivity contribution in [2.75, 3.05) is 0 Å². The first-order valence-electron chi connectivity index (χ1n) is 7.38. The molecule has 1 aliphatic rings. The van der Waals surface area contributed by atoms with E-state index in [4.69, 9.17) is 0 Å². The van der Waals surface area contributed by atoms with Crippen molar-refractivity contribution in [3.8, 4) is 0 Å². The lowest BCUT2D eigenvalue weighted by atomic mass is 9.79. The highest BCUT2D eigenvalue weighted by molar-refractivity contribution is 5.25. The van der Waals surface area contributed by atoms with E-state index >= 15 is 0 Å². The van der Waals surface area contributed by atoms with Crippen LogP contribution in [0.5, 0.6) is 0 Å². The van der Waals surface area contributed by atoms with Gasteiger partial charge in [-0.15, -0.1) is 0 Å². The third-order valence-electron chi connectivity index (χ3n) is 4.29. The molecule has 0 N–H and O–H groups in total. The van der Waals surface area contributed by atoms with Crippen molar-refractivity contribution >= 4 is 0 Å². The molecule has 0 atom stereocenters. The molecule has 94 valence electrons. The molecular weight excluding hydrogens is 204 g/mol. The molecule has 0 aliphatic heterocycles. The fraction of sp³-hybridized carbons (Fsp3) is 0.647. The summed E-state index contributed by atoms with van der Waals surface area (Å²) in [6.07, 6.45) is 9.50. The molecule has 1 saturated carbocycles. The highest BCUT2D eigenvalue weighted by Gasteiger charge is 2.19. The zero-order valence-corrected chi connectivity index (χ0v) is 11.4. The molecule has 1 aliphatic carbocycles. The van der Waals surface area contributed by atoms with Gasteiger partial charge in [-0.2, -0.15) is 0 Å². The van der Waals surface area contributed by atoms with E-state index in [1.165, 1.54) is 50.5 Å². The summed E-state index contributed by atoms with van der Waals surface area (Å²) in [4.78, 5) is 0. The number of hydrogen-bond acceptors (Lipinski definition) is 0. The van der Waals surface area contributed by atoms with Crippen molar-refractivity contribution in [2.45, 2.75) is 64.7 Å². The molecule has 1 fully saturated rings. The first-order chi connectivity index (χ1) is 8.29. The predicted octanol–water partition coefficient (Wildman–Crippen LogP) is 5.32.